The maximum atomic E-state index is 12.5. The zero-order valence-electron chi connectivity index (χ0n) is 16.7. The number of anilines is 1. The minimum absolute atomic E-state index is 0.0201. The highest BCUT2D eigenvalue weighted by Crippen LogP contribution is 2.25. The number of para-hydroxylation sites is 2. The molecular weight excluding hydrogens is 376 g/mol. The zero-order valence-corrected chi connectivity index (χ0v) is 16.7. The first kappa shape index (κ1) is 20.7. The lowest BCUT2D eigenvalue weighted by molar-refractivity contribution is -0.133. The Kier molecular flexibility index (Phi) is 7.46. The topological polar surface area (TPSA) is 86.3 Å². The van der Waals surface area contributed by atoms with Crippen LogP contribution in [-0.4, -0.2) is 81.2 Å². The molecule has 0 radical (unpaired) electrons. The molecule has 29 heavy (non-hydrogen) atoms. The highest BCUT2D eigenvalue weighted by molar-refractivity contribution is 5.78. The predicted molar refractivity (Wildman–Crippen MR) is 107 cm³/mol. The molecule has 1 amide bonds. The van der Waals surface area contributed by atoms with Crippen molar-refractivity contribution in [3.8, 4) is 17.4 Å². The van der Waals surface area contributed by atoms with Crippen molar-refractivity contribution in [1.29, 1.82) is 0 Å². The van der Waals surface area contributed by atoms with Crippen LogP contribution in [0.15, 0.2) is 36.4 Å². The number of benzene rings is 1. The standard InChI is InChI=1S/C20H26N4O5/c1-26-13-14-28-19-8-7-18(21-22-19)23-9-11-24(12-10-23)20(25)15-29-17-6-4-3-5-16(17)27-2/h3-8H,9-15H2,1-2H3. The van der Waals surface area contributed by atoms with Gasteiger partial charge in [0.25, 0.3) is 5.91 Å². The zero-order chi connectivity index (χ0) is 20.5. The molecule has 1 aliphatic heterocycles. The summed E-state index contributed by atoms with van der Waals surface area (Å²) in [4.78, 5) is 16.4. The van der Waals surface area contributed by atoms with Gasteiger partial charge in [-0.1, -0.05) is 12.1 Å². The third-order valence-electron chi connectivity index (χ3n) is 4.54. The predicted octanol–water partition coefficient (Wildman–Crippen LogP) is 1.24. The van der Waals surface area contributed by atoms with Crippen LogP contribution in [0.2, 0.25) is 0 Å². The van der Waals surface area contributed by atoms with E-state index in [1.807, 2.05) is 18.2 Å². The summed E-state index contributed by atoms with van der Waals surface area (Å²) in [5.74, 6) is 2.35. The van der Waals surface area contributed by atoms with Crippen LogP contribution in [-0.2, 0) is 9.53 Å². The summed E-state index contributed by atoms with van der Waals surface area (Å²) in [5, 5.41) is 8.29. The second-order valence-electron chi connectivity index (χ2n) is 6.38. The normalized spacial score (nSPS) is 13.9. The molecule has 0 spiro atoms. The van der Waals surface area contributed by atoms with Crippen LogP contribution in [0.25, 0.3) is 0 Å². The second kappa shape index (κ2) is 10.5. The molecule has 0 aliphatic carbocycles. The molecule has 0 atom stereocenters. The van der Waals surface area contributed by atoms with E-state index in [1.54, 1.807) is 37.3 Å². The molecule has 2 aromatic rings. The lowest BCUT2D eigenvalue weighted by Crippen LogP contribution is -2.50. The first-order valence-electron chi connectivity index (χ1n) is 9.45. The summed E-state index contributed by atoms with van der Waals surface area (Å²) in [6, 6.07) is 10.9. The molecule has 1 aromatic carbocycles. The van der Waals surface area contributed by atoms with E-state index in [9.17, 15) is 4.79 Å². The third-order valence-corrected chi connectivity index (χ3v) is 4.54. The van der Waals surface area contributed by atoms with Gasteiger partial charge in [0.05, 0.1) is 13.7 Å². The van der Waals surface area contributed by atoms with Crippen molar-refractivity contribution in [2.75, 3.05) is 65.1 Å². The van der Waals surface area contributed by atoms with E-state index in [4.69, 9.17) is 18.9 Å². The fraction of sp³-hybridized carbons (Fsp3) is 0.450. The number of nitrogens with zero attached hydrogens (tertiary/aromatic N) is 4. The fourth-order valence-electron chi connectivity index (χ4n) is 2.94. The summed E-state index contributed by atoms with van der Waals surface area (Å²) < 4.78 is 21.2. The van der Waals surface area contributed by atoms with Crippen LogP contribution < -0.4 is 19.1 Å². The van der Waals surface area contributed by atoms with Gasteiger partial charge in [-0.25, -0.2) is 0 Å². The summed E-state index contributed by atoms with van der Waals surface area (Å²) in [7, 11) is 3.19. The Morgan fingerprint density at radius 1 is 0.931 bits per heavy atom. The van der Waals surface area contributed by atoms with Crippen molar-refractivity contribution in [3.63, 3.8) is 0 Å². The number of ether oxygens (including phenoxy) is 4. The average molecular weight is 402 g/mol. The minimum Gasteiger partial charge on any atom is -0.493 e. The Labute approximate surface area is 170 Å². The molecule has 0 bridgehead atoms. The highest BCUT2D eigenvalue weighted by atomic mass is 16.5. The maximum Gasteiger partial charge on any atom is 0.260 e. The maximum absolute atomic E-state index is 12.5. The smallest absolute Gasteiger partial charge is 0.260 e. The van der Waals surface area contributed by atoms with Gasteiger partial charge < -0.3 is 28.7 Å². The Morgan fingerprint density at radius 2 is 1.69 bits per heavy atom. The molecule has 156 valence electrons. The first-order chi connectivity index (χ1) is 14.2. The Hall–Kier alpha value is -3.07. The van der Waals surface area contributed by atoms with Crippen LogP contribution in [0, 0.1) is 0 Å². The van der Waals surface area contributed by atoms with E-state index < -0.39 is 0 Å². The molecular formula is C20H26N4O5. The summed E-state index contributed by atoms with van der Waals surface area (Å²) in [6.07, 6.45) is 0. The van der Waals surface area contributed by atoms with Crippen molar-refractivity contribution < 1.29 is 23.7 Å². The molecule has 0 unspecified atom stereocenters. The molecule has 2 heterocycles. The number of hydrogen-bond acceptors (Lipinski definition) is 8. The van der Waals surface area contributed by atoms with Crippen molar-refractivity contribution in [1.82, 2.24) is 15.1 Å². The second-order valence-corrected chi connectivity index (χ2v) is 6.38. The molecule has 9 heteroatoms. The van der Waals surface area contributed by atoms with Crippen LogP contribution >= 0.6 is 0 Å². The van der Waals surface area contributed by atoms with E-state index in [2.05, 4.69) is 15.1 Å². The van der Waals surface area contributed by atoms with Gasteiger partial charge in [-0.3, -0.25) is 4.79 Å². The molecule has 9 nitrogen and oxygen atoms in total. The molecule has 1 aromatic heterocycles. The number of piperazine rings is 1. The van der Waals surface area contributed by atoms with Gasteiger partial charge in [0, 0.05) is 39.4 Å². The number of carbonyl (C=O) groups is 1. The number of hydrogen-bond donors (Lipinski definition) is 0. The SMILES string of the molecule is COCCOc1ccc(N2CCN(C(=O)COc3ccccc3OC)CC2)nn1. The lowest BCUT2D eigenvalue weighted by Gasteiger charge is -2.35. The van der Waals surface area contributed by atoms with E-state index in [1.165, 1.54) is 0 Å². The van der Waals surface area contributed by atoms with E-state index in [0.29, 0.717) is 56.8 Å². The van der Waals surface area contributed by atoms with Crippen molar-refractivity contribution in [3.05, 3.63) is 36.4 Å². The fourth-order valence-corrected chi connectivity index (χ4v) is 2.94. The van der Waals surface area contributed by atoms with Gasteiger partial charge >= 0.3 is 0 Å². The molecule has 0 saturated carbocycles. The lowest BCUT2D eigenvalue weighted by atomic mass is 10.3. The van der Waals surface area contributed by atoms with E-state index >= 15 is 0 Å². The number of aromatic nitrogens is 2. The van der Waals surface area contributed by atoms with Crippen LogP contribution in [0.3, 0.4) is 0 Å². The van der Waals surface area contributed by atoms with Crippen molar-refractivity contribution in [2.24, 2.45) is 0 Å². The number of rotatable bonds is 9. The molecule has 3 rings (SSSR count). The number of amides is 1. The molecule has 0 N–H and O–H groups in total. The molecule has 1 saturated heterocycles. The van der Waals surface area contributed by atoms with Crippen LogP contribution in [0.4, 0.5) is 5.82 Å². The summed E-state index contributed by atoms with van der Waals surface area (Å²) in [5.41, 5.74) is 0. The molecule has 1 aliphatic rings. The average Bonchev–Trinajstić information content (AvgIpc) is 2.78. The quantitative estimate of drug-likeness (QED) is 0.579. The van der Waals surface area contributed by atoms with Crippen LogP contribution in [0.1, 0.15) is 0 Å². The Bertz CT molecular complexity index is 779. The van der Waals surface area contributed by atoms with Gasteiger partial charge in [0.1, 0.15) is 6.61 Å². The van der Waals surface area contributed by atoms with Crippen molar-refractivity contribution >= 4 is 11.7 Å². The summed E-state index contributed by atoms with van der Waals surface area (Å²) >= 11 is 0. The minimum atomic E-state index is -0.0523. The number of methoxy groups -OCH3 is 2. The van der Waals surface area contributed by atoms with E-state index in [-0.39, 0.29) is 12.5 Å². The van der Waals surface area contributed by atoms with Gasteiger partial charge in [-0.2, -0.15) is 0 Å². The van der Waals surface area contributed by atoms with Gasteiger partial charge in [0.15, 0.2) is 23.9 Å². The Balaban J connectivity index is 1.45. The van der Waals surface area contributed by atoms with Gasteiger partial charge in [-0.15, -0.1) is 10.2 Å². The third kappa shape index (κ3) is 5.71. The van der Waals surface area contributed by atoms with Gasteiger partial charge in [-0.05, 0) is 18.2 Å². The van der Waals surface area contributed by atoms with Crippen LogP contribution in [0.5, 0.6) is 17.4 Å². The highest BCUT2D eigenvalue weighted by Gasteiger charge is 2.22. The first-order valence-corrected chi connectivity index (χ1v) is 9.45. The largest absolute Gasteiger partial charge is 0.493 e. The monoisotopic (exact) mass is 402 g/mol. The van der Waals surface area contributed by atoms with Crippen molar-refractivity contribution in [2.45, 2.75) is 0 Å². The summed E-state index contributed by atoms with van der Waals surface area (Å²) in [6.45, 7) is 3.47. The van der Waals surface area contributed by atoms with Gasteiger partial charge in [0.2, 0.25) is 5.88 Å². The van der Waals surface area contributed by atoms with E-state index in [0.717, 1.165) is 5.82 Å². The molecule has 1 fully saturated rings. The Morgan fingerprint density at radius 3 is 2.34 bits per heavy atom. The number of carbonyl (C=O) groups excluding carboxylic acids is 1.